The predicted molar refractivity (Wildman–Crippen MR) is 259 cm³/mol. The number of hydrogen-bond donors (Lipinski definition) is 10. The molecule has 0 saturated carbocycles. The first-order valence-corrected chi connectivity index (χ1v) is 22.3. The second-order valence-electron chi connectivity index (χ2n) is 15.6. The van der Waals surface area contributed by atoms with Crippen LogP contribution >= 0.6 is 0 Å². The van der Waals surface area contributed by atoms with E-state index in [1.54, 1.807) is 97.1 Å². The third-order valence-electron chi connectivity index (χ3n) is 10.2. The van der Waals surface area contributed by atoms with Gasteiger partial charge in [-0.15, -0.1) is 0 Å². The van der Waals surface area contributed by atoms with Gasteiger partial charge in [-0.25, -0.2) is 19.2 Å². The number of aromatic nitrogens is 6. The number of nitrogens with one attached hydrogen (secondary N) is 6. The topological polar surface area (TPSA) is 317 Å². The van der Waals surface area contributed by atoms with Crippen LogP contribution in [0.5, 0.6) is 0 Å². The smallest absolute Gasteiger partial charge is 0.326 e. The molecular formula is C48H54N12O10. The van der Waals surface area contributed by atoms with E-state index < -0.39 is 48.0 Å². The predicted octanol–water partition coefficient (Wildman–Crippen LogP) is 4.05. The number of hydrogen-bond acceptors (Lipinski definition) is 18. The maximum Gasteiger partial charge on any atom is 0.326 e. The molecule has 366 valence electrons. The molecule has 6 aromatic rings. The Morgan fingerprint density at radius 3 is 0.814 bits per heavy atom. The molecule has 22 nitrogen and oxygen atoms in total. The van der Waals surface area contributed by atoms with Crippen LogP contribution in [0.25, 0.3) is 0 Å². The molecule has 0 spiro atoms. The molecule has 10 N–H and O–H groups in total. The van der Waals surface area contributed by atoms with E-state index in [0.29, 0.717) is 0 Å². The van der Waals surface area contributed by atoms with E-state index in [0.717, 1.165) is 22.3 Å². The molecule has 0 amide bonds. The molecule has 0 fully saturated rings. The summed E-state index contributed by atoms with van der Waals surface area (Å²) in [5, 5.41) is 57.5. The van der Waals surface area contributed by atoms with Crippen LogP contribution in [-0.2, 0) is 54.3 Å². The highest BCUT2D eigenvalue weighted by Gasteiger charge is 2.25. The maximum absolute atomic E-state index is 12.3. The monoisotopic (exact) mass is 958 g/mol. The molecule has 6 rings (SSSR count). The highest BCUT2D eigenvalue weighted by Crippen LogP contribution is 2.18. The Morgan fingerprint density at radius 2 is 0.586 bits per heavy atom. The van der Waals surface area contributed by atoms with Gasteiger partial charge in [0.15, 0.2) is 0 Å². The van der Waals surface area contributed by atoms with Crippen LogP contribution in [0.1, 0.15) is 22.3 Å². The number of benzene rings is 4. The van der Waals surface area contributed by atoms with Gasteiger partial charge >= 0.3 is 23.9 Å². The first-order valence-electron chi connectivity index (χ1n) is 22.3. The van der Waals surface area contributed by atoms with Crippen molar-refractivity contribution in [1.29, 1.82) is 0 Å². The molecule has 0 aliphatic heterocycles. The lowest BCUT2D eigenvalue weighted by Gasteiger charge is -2.18. The van der Waals surface area contributed by atoms with Crippen LogP contribution in [0.15, 0.2) is 121 Å². The minimum absolute atomic E-state index is 0.0398. The largest absolute Gasteiger partial charge is 0.480 e. The van der Waals surface area contributed by atoms with Crippen molar-refractivity contribution in [2.75, 3.05) is 71.4 Å². The van der Waals surface area contributed by atoms with Crippen molar-refractivity contribution >= 4 is 59.6 Å². The molecule has 0 aliphatic rings. The quantitative estimate of drug-likeness (QED) is 0.0275. The Morgan fingerprint density at radius 1 is 0.357 bits per heavy atom. The number of anilines is 6. The van der Waals surface area contributed by atoms with Gasteiger partial charge in [-0.1, -0.05) is 121 Å². The van der Waals surface area contributed by atoms with Crippen molar-refractivity contribution in [2.24, 2.45) is 0 Å². The van der Waals surface area contributed by atoms with Crippen molar-refractivity contribution in [3.8, 4) is 0 Å². The minimum Gasteiger partial charge on any atom is -0.480 e. The van der Waals surface area contributed by atoms with Crippen LogP contribution in [0, 0.1) is 0 Å². The minimum atomic E-state index is -1.14. The van der Waals surface area contributed by atoms with E-state index in [2.05, 4.69) is 61.8 Å². The summed E-state index contributed by atoms with van der Waals surface area (Å²) < 4.78 is 11.4. The first-order chi connectivity index (χ1) is 34.0. The summed E-state index contributed by atoms with van der Waals surface area (Å²) in [4.78, 5) is 75.2. The summed E-state index contributed by atoms with van der Waals surface area (Å²) in [6.45, 7) is 1.16. The number of aliphatic carboxylic acids is 4. The average molecular weight is 959 g/mol. The van der Waals surface area contributed by atoms with Gasteiger partial charge in [0.05, 0.1) is 26.4 Å². The van der Waals surface area contributed by atoms with E-state index in [1.807, 2.05) is 24.3 Å². The molecule has 0 bridgehead atoms. The molecule has 4 aromatic carbocycles. The molecule has 4 atom stereocenters. The summed E-state index contributed by atoms with van der Waals surface area (Å²) in [5.74, 6) is -4.85. The third-order valence-corrected chi connectivity index (χ3v) is 10.2. The Kier molecular flexibility index (Phi) is 19.4. The molecule has 0 radical (unpaired) electrons. The van der Waals surface area contributed by atoms with Gasteiger partial charge in [0.25, 0.3) is 0 Å². The van der Waals surface area contributed by atoms with Gasteiger partial charge in [0.2, 0.25) is 35.7 Å². The number of carbonyl (C=O) groups is 4. The van der Waals surface area contributed by atoms with Gasteiger partial charge in [-0.2, -0.15) is 29.9 Å². The van der Waals surface area contributed by atoms with Crippen LogP contribution in [0.4, 0.5) is 35.7 Å². The lowest BCUT2D eigenvalue weighted by atomic mass is 10.1. The summed E-state index contributed by atoms with van der Waals surface area (Å²) in [7, 11) is 0. The fourth-order valence-corrected chi connectivity index (χ4v) is 6.78. The van der Waals surface area contributed by atoms with E-state index in [1.165, 1.54) is 0 Å². The number of carboxylic acid groups (broad SMARTS) is 4. The summed E-state index contributed by atoms with van der Waals surface area (Å²) in [6, 6.07) is 31.7. The number of carboxylic acids is 4. The standard InChI is InChI=1S/C48H54N12O10/c61-39(62)35(27-31-13-5-1-6-14-31)51-45-55-43(56-46(59-45)52-36(40(63)64)28-32-15-7-2-8-16-32)49-21-23-69-25-26-70-24-22-50-44-57-47(53-37(41(65)66)29-33-17-9-3-10-18-33)60-48(58-44)54-38(42(67)68)30-34-19-11-4-12-20-34/h1-20,35-38H,21-30H2,(H,61,62)(H,63,64)(H,65,66)(H,67,68)(H3,49,51,52,55,56,59)(H3,50,53,54,57,58,60)/t35-,36-,37-,38+/m0/s1. The van der Waals surface area contributed by atoms with Crippen LogP contribution < -0.4 is 31.9 Å². The van der Waals surface area contributed by atoms with Gasteiger partial charge in [0, 0.05) is 38.8 Å². The van der Waals surface area contributed by atoms with Gasteiger partial charge in [0.1, 0.15) is 24.2 Å². The molecule has 0 unspecified atom stereocenters. The second kappa shape index (κ2) is 26.7. The highest BCUT2D eigenvalue weighted by molar-refractivity contribution is 5.79. The van der Waals surface area contributed by atoms with Gasteiger partial charge < -0.3 is 61.8 Å². The van der Waals surface area contributed by atoms with Gasteiger partial charge in [-0.05, 0) is 22.3 Å². The number of ether oxygens (including phenoxy) is 2. The zero-order valence-electron chi connectivity index (χ0n) is 37.8. The van der Waals surface area contributed by atoms with Crippen molar-refractivity contribution in [2.45, 2.75) is 49.9 Å². The Bertz CT molecular complexity index is 2250. The lowest BCUT2D eigenvalue weighted by molar-refractivity contribution is -0.138. The van der Waals surface area contributed by atoms with E-state index in [4.69, 9.17) is 9.47 Å². The summed E-state index contributed by atoms with van der Waals surface area (Å²) in [5.41, 5.74) is 3.08. The van der Waals surface area contributed by atoms with Crippen LogP contribution in [-0.4, -0.2) is 138 Å². The zero-order valence-corrected chi connectivity index (χ0v) is 37.8. The molecule has 70 heavy (non-hydrogen) atoms. The average Bonchev–Trinajstić information content (AvgIpc) is 3.35. The van der Waals surface area contributed by atoms with Crippen LogP contribution in [0.3, 0.4) is 0 Å². The fraction of sp³-hybridized carbons (Fsp3) is 0.292. The third kappa shape index (κ3) is 17.3. The Hall–Kier alpha value is -8.50. The number of nitrogens with zero attached hydrogens (tertiary/aromatic N) is 6. The van der Waals surface area contributed by atoms with Crippen LogP contribution in [0.2, 0.25) is 0 Å². The molecule has 0 saturated heterocycles. The second-order valence-corrected chi connectivity index (χ2v) is 15.6. The molecule has 22 heteroatoms. The SMILES string of the molecule is O=C(O)[C@H](Cc1ccccc1)Nc1nc(NCCOCCOCCNc2nc(N[C@@H](Cc3ccccc3)C(=O)O)nc(N[C@H](Cc3ccccc3)C(=O)O)n2)nc(N[C@@H](Cc2ccccc2)C(=O)O)n1. The highest BCUT2D eigenvalue weighted by atomic mass is 16.5. The van der Waals surface area contributed by atoms with E-state index in [-0.39, 0.29) is 101 Å². The first kappa shape index (κ1) is 50.9. The maximum atomic E-state index is 12.3. The van der Waals surface area contributed by atoms with Crippen molar-refractivity contribution in [3.05, 3.63) is 144 Å². The fourth-order valence-electron chi connectivity index (χ4n) is 6.78. The molecule has 2 aromatic heterocycles. The number of rotatable bonds is 31. The normalized spacial score (nSPS) is 12.6. The van der Waals surface area contributed by atoms with Crippen molar-refractivity contribution in [3.63, 3.8) is 0 Å². The zero-order chi connectivity index (χ0) is 49.5. The Labute approximate surface area is 402 Å². The Balaban J connectivity index is 1.02. The molecule has 0 aliphatic carbocycles. The summed E-state index contributed by atoms with van der Waals surface area (Å²) in [6.07, 6.45) is 0.478. The van der Waals surface area contributed by atoms with E-state index >= 15 is 0 Å². The molecule has 2 heterocycles. The van der Waals surface area contributed by atoms with E-state index in [9.17, 15) is 39.6 Å². The van der Waals surface area contributed by atoms with Gasteiger partial charge in [-0.3, -0.25) is 0 Å². The van der Waals surface area contributed by atoms with Crippen molar-refractivity contribution < 1.29 is 49.1 Å². The molecular weight excluding hydrogens is 905 g/mol. The lowest BCUT2D eigenvalue weighted by Crippen LogP contribution is -2.34. The van der Waals surface area contributed by atoms with Crippen molar-refractivity contribution in [1.82, 2.24) is 29.9 Å². The summed E-state index contributed by atoms with van der Waals surface area (Å²) >= 11 is 0.